The van der Waals surface area contributed by atoms with E-state index in [1.807, 2.05) is 37.3 Å². The van der Waals surface area contributed by atoms with Crippen LogP contribution in [0.25, 0.3) is 0 Å². The van der Waals surface area contributed by atoms with Crippen molar-refractivity contribution in [2.45, 2.75) is 18.4 Å². The fraction of sp³-hybridized carbons (Fsp3) is 0.200. The number of aromatic nitrogens is 1. The molecule has 0 N–H and O–H groups in total. The third kappa shape index (κ3) is 3.58. The summed E-state index contributed by atoms with van der Waals surface area (Å²) >= 11 is 4.27. The SMILES string of the molecule is CCN(Cc1ccncc1)C(=O)c1cccc(S)c1. The standard InChI is InChI=1S/C15H16N2OS/c1-2-17(11-12-6-8-16-9-7-12)15(18)13-4-3-5-14(19)10-13/h3-10,19H,2,11H2,1H3. The number of amides is 1. The van der Waals surface area contributed by atoms with Crippen LogP contribution in [-0.4, -0.2) is 22.3 Å². The van der Waals surface area contributed by atoms with Crippen LogP contribution in [0, 0.1) is 0 Å². The minimum Gasteiger partial charge on any atom is -0.335 e. The van der Waals surface area contributed by atoms with Crippen LogP contribution in [0.4, 0.5) is 0 Å². The van der Waals surface area contributed by atoms with E-state index >= 15 is 0 Å². The first-order valence-electron chi connectivity index (χ1n) is 6.18. The van der Waals surface area contributed by atoms with Crippen LogP contribution >= 0.6 is 12.6 Å². The predicted molar refractivity (Wildman–Crippen MR) is 78.3 cm³/mol. The highest BCUT2D eigenvalue weighted by Gasteiger charge is 2.14. The summed E-state index contributed by atoms with van der Waals surface area (Å²) in [6, 6.07) is 11.2. The second-order valence-electron chi connectivity index (χ2n) is 4.23. The van der Waals surface area contributed by atoms with E-state index in [0.29, 0.717) is 18.7 Å². The molecule has 1 amide bonds. The third-order valence-corrected chi connectivity index (χ3v) is 3.16. The van der Waals surface area contributed by atoms with Gasteiger partial charge in [-0.05, 0) is 42.8 Å². The monoisotopic (exact) mass is 272 g/mol. The summed E-state index contributed by atoms with van der Waals surface area (Å²) in [6.07, 6.45) is 3.48. The van der Waals surface area contributed by atoms with Gasteiger partial charge in [0, 0.05) is 35.9 Å². The van der Waals surface area contributed by atoms with E-state index in [-0.39, 0.29) is 5.91 Å². The molecule has 0 unspecified atom stereocenters. The topological polar surface area (TPSA) is 33.2 Å². The molecule has 1 aromatic carbocycles. The van der Waals surface area contributed by atoms with E-state index in [0.717, 1.165) is 10.5 Å². The summed E-state index contributed by atoms with van der Waals surface area (Å²) in [5.74, 6) is 0.0233. The van der Waals surface area contributed by atoms with E-state index in [1.54, 1.807) is 23.4 Å². The third-order valence-electron chi connectivity index (χ3n) is 2.88. The molecule has 0 atom stereocenters. The van der Waals surface area contributed by atoms with Crippen molar-refractivity contribution in [2.24, 2.45) is 0 Å². The predicted octanol–water partition coefficient (Wildman–Crippen LogP) is 3.03. The molecule has 0 radical (unpaired) electrons. The van der Waals surface area contributed by atoms with Gasteiger partial charge in [0.1, 0.15) is 0 Å². The zero-order chi connectivity index (χ0) is 13.7. The van der Waals surface area contributed by atoms with Crippen LogP contribution in [0.3, 0.4) is 0 Å². The normalized spacial score (nSPS) is 10.2. The maximum atomic E-state index is 12.4. The first kappa shape index (κ1) is 13.6. The first-order chi connectivity index (χ1) is 9.20. The fourth-order valence-corrected chi connectivity index (χ4v) is 2.08. The molecule has 0 bridgehead atoms. The fourth-order valence-electron chi connectivity index (χ4n) is 1.86. The summed E-state index contributed by atoms with van der Waals surface area (Å²) in [4.78, 5) is 19.0. The number of thiol groups is 1. The number of hydrogen-bond acceptors (Lipinski definition) is 3. The van der Waals surface area contributed by atoms with E-state index in [9.17, 15) is 4.79 Å². The van der Waals surface area contributed by atoms with Crippen LogP contribution in [0.15, 0.2) is 53.7 Å². The van der Waals surface area contributed by atoms with Crippen molar-refractivity contribution in [3.8, 4) is 0 Å². The van der Waals surface area contributed by atoms with E-state index in [1.165, 1.54) is 0 Å². The Morgan fingerprint density at radius 1 is 1.26 bits per heavy atom. The Bertz CT molecular complexity index is 557. The Kier molecular flexibility index (Phi) is 4.58. The lowest BCUT2D eigenvalue weighted by Crippen LogP contribution is -2.30. The molecule has 0 aliphatic heterocycles. The van der Waals surface area contributed by atoms with Crippen molar-refractivity contribution >= 4 is 18.5 Å². The smallest absolute Gasteiger partial charge is 0.254 e. The first-order valence-corrected chi connectivity index (χ1v) is 6.62. The molecule has 0 saturated carbocycles. The number of benzene rings is 1. The lowest BCUT2D eigenvalue weighted by atomic mass is 10.1. The second kappa shape index (κ2) is 6.38. The van der Waals surface area contributed by atoms with Gasteiger partial charge in [-0.3, -0.25) is 9.78 Å². The number of rotatable bonds is 4. The Morgan fingerprint density at radius 2 is 2.00 bits per heavy atom. The van der Waals surface area contributed by atoms with Gasteiger partial charge in [-0.2, -0.15) is 0 Å². The summed E-state index contributed by atoms with van der Waals surface area (Å²) in [5.41, 5.74) is 1.75. The highest BCUT2D eigenvalue weighted by atomic mass is 32.1. The van der Waals surface area contributed by atoms with Crippen LogP contribution < -0.4 is 0 Å². The minimum atomic E-state index is 0.0233. The molecular formula is C15H16N2OS. The van der Waals surface area contributed by atoms with Gasteiger partial charge >= 0.3 is 0 Å². The number of carbonyl (C=O) groups excluding carboxylic acids is 1. The summed E-state index contributed by atoms with van der Waals surface area (Å²) < 4.78 is 0. The van der Waals surface area contributed by atoms with Crippen molar-refractivity contribution in [3.05, 3.63) is 59.9 Å². The highest BCUT2D eigenvalue weighted by molar-refractivity contribution is 7.80. The molecule has 0 fully saturated rings. The molecule has 4 heteroatoms. The molecule has 0 aliphatic carbocycles. The summed E-state index contributed by atoms with van der Waals surface area (Å²) in [6.45, 7) is 3.23. The largest absolute Gasteiger partial charge is 0.335 e. The Hall–Kier alpha value is -1.81. The average molecular weight is 272 g/mol. The molecule has 1 aromatic heterocycles. The molecule has 19 heavy (non-hydrogen) atoms. The molecule has 0 saturated heterocycles. The van der Waals surface area contributed by atoms with Gasteiger partial charge in [-0.15, -0.1) is 12.6 Å². The molecule has 0 aliphatic rings. The Balaban J connectivity index is 2.16. The average Bonchev–Trinajstić information content (AvgIpc) is 2.45. The van der Waals surface area contributed by atoms with Gasteiger partial charge in [0.2, 0.25) is 0 Å². The van der Waals surface area contributed by atoms with E-state index in [4.69, 9.17) is 0 Å². The maximum absolute atomic E-state index is 12.4. The number of carbonyl (C=O) groups is 1. The van der Waals surface area contributed by atoms with Crippen LogP contribution in [0.1, 0.15) is 22.8 Å². The Morgan fingerprint density at radius 3 is 2.63 bits per heavy atom. The molecule has 2 rings (SSSR count). The van der Waals surface area contributed by atoms with Crippen molar-refractivity contribution in [2.75, 3.05) is 6.54 Å². The van der Waals surface area contributed by atoms with Gasteiger partial charge in [0.25, 0.3) is 5.91 Å². The van der Waals surface area contributed by atoms with Crippen LogP contribution in [0.5, 0.6) is 0 Å². The molecule has 1 heterocycles. The van der Waals surface area contributed by atoms with Gasteiger partial charge < -0.3 is 4.90 Å². The lowest BCUT2D eigenvalue weighted by molar-refractivity contribution is 0.0752. The second-order valence-corrected chi connectivity index (χ2v) is 4.74. The van der Waals surface area contributed by atoms with Crippen molar-refractivity contribution in [1.82, 2.24) is 9.88 Å². The van der Waals surface area contributed by atoms with Crippen LogP contribution in [-0.2, 0) is 6.54 Å². The van der Waals surface area contributed by atoms with Gasteiger partial charge in [-0.25, -0.2) is 0 Å². The molecule has 0 spiro atoms. The lowest BCUT2D eigenvalue weighted by Gasteiger charge is -2.21. The summed E-state index contributed by atoms with van der Waals surface area (Å²) in [7, 11) is 0. The molecular weight excluding hydrogens is 256 g/mol. The quantitative estimate of drug-likeness (QED) is 0.868. The molecule has 98 valence electrons. The van der Waals surface area contributed by atoms with E-state index < -0.39 is 0 Å². The zero-order valence-electron chi connectivity index (χ0n) is 10.8. The van der Waals surface area contributed by atoms with Gasteiger partial charge in [-0.1, -0.05) is 6.07 Å². The van der Waals surface area contributed by atoms with E-state index in [2.05, 4.69) is 17.6 Å². The summed E-state index contributed by atoms with van der Waals surface area (Å²) in [5, 5.41) is 0. The maximum Gasteiger partial charge on any atom is 0.254 e. The number of pyridine rings is 1. The van der Waals surface area contributed by atoms with Crippen LogP contribution in [0.2, 0.25) is 0 Å². The van der Waals surface area contributed by atoms with Crippen molar-refractivity contribution < 1.29 is 4.79 Å². The minimum absolute atomic E-state index is 0.0233. The molecule has 2 aromatic rings. The number of nitrogens with zero attached hydrogens (tertiary/aromatic N) is 2. The number of hydrogen-bond donors (Lipinski definition) is 1. The Labute approximate surface area is 118 Å². The van der Waals surface area contributed by atoms with Gasteiger partial charge in [0.15, 0.2) is 0 Å². The van der Waals surface area contributed by atoms with Crippen molar-refractivity contribution in [3.63, 3.8) is 0 Å². The van der Waals surface area contributed by atoms with Crippen molar-refractivity contribution in [1.29, 1.82) is 0 Å². The van der Waals surface area contributed by atoms with Gasteiger partial charge in [0.05, 0.1) is 0 Å². The zero-order valence-corrected chi connectivity index (χ0v) is 11.7. The highest BCUT2D eigenvalue weighted by Crippen LogP contribution is 2.13. The molecule has 3 nitrogen and oxygen atoms in total.